The summed E-state index contributed by atoms with van der Waals surface area (Å²) >= 11 is 0. The molecule has 1 spiro atoms. The summed E-state index contributed by atoms with van der Waals surface area (Å²) in [5.74, 6) is 0.926. The van der Waals surface area contributed by atoms with Gasteiger partial charge in [0.2, 0.25) is 6.41 Å². The van der Waals surface area contributed by atoms with Crippen LogP contribution in [0.3, 0.4) is 0 Å². The molecular weight excluding hydrogens is 452 g/mol. The van der Waals surface area contributed by atoms with Crippen molar-refractivity contribution in [1.82, 2.24) is 0 Å². The van der Waals surface area contributed by atoms with Crippen molar-refractivity contribution in [2.75, 3.05) is 29.9 Å². The van der Waals surface area contributed by atoms with E-state index in [-0.39, 0.29) is 5.97 Å². The van der Waals surface area contributed by atoms with Crippen LogP contribution in [0.4, 0.5) is 11.4 Å². The molecule has 1 amide bonds. The Morgan fingerprint density at radius 2 is 1.56 bits per heavy atom. The monoisotopic (exact) mass is 484 g/mol. The highest BCUT2D eigenvalue weighted by molar-refractivity contribution is 5.97. The molecule has 1 atom stereocenters. The average Bonchev–Trinajstić information content (AvgIpc) is 3.21. The predicted octanol–water partition coefficient (Wildman–Crippen LogP) is 6.25. The van der Waals surface area contributed by atoms with Crippen molar-refractivity contribution in [2.45, 2.75) is 45.1 Å². The number of fused-ring (bicyclic) bond motifs is 6. The molecule has 6 nitrogen and oxygen atoms in total. The number of esters is 1. The SMILES string of the molecule is CCCCN(CCCC)c1ccc2c(c1)Oc1ccc(N(C)C=O)cc1C21OC(=O)c2ccccc21. The Bertz CT molecular complexity index is 1300. The fourth-order valence-corrected chi connectivity index (χ4v) is 5.19. The van der Waals surface area contributed by atoms with Crippen molar-refractivity contribution in [2.24, 2.45) is 0 Å². The minimum Gasteiger partial charge on any atom is -0.456 e. The first-order valence-corrected chi connectivity index (χ1v) is 12.8. The van der Waals surface area contributed by atoms with E-state index in [9.17, 15) is 9.59 Å². The van der Waals surface area contributed by atoms with Gasteiger partial charge < -0.3 is 19.3 Å². The van der Waals surface area contributed by atoms with Crippen LogP contribution in [-0.4, -0.2) is 32.5 Å². The molecule has 0 fully saturated rings. The molecule has 1 unspecified atom stereocenters. The van der Waals surface area contributed by atoms with E-state index in [0.29, 0.717) is 28.3 Å². The van der Waals surface area contributed by atoms with Crippen LogP contribution in [0.25, 0.3) is 0 Å². The van der Waals surface area contributed by atoms with Crippen LogP contribution in [0.15, 0.2) is 60.7 Å². The molecule has 36 heavy (non-hydrogen) atoms. The fraction of sp³-hybridized carbons (Fsp3) is 0.333. The molecule has 0 bridgehead atoms. The van der Waals surface area contributed by atoms with Crippen molar-refractivity contribution in [3.05, 3.63) is 82.9 Å². The molecule has 0 saturated heterocycles. The van der Waals surface area contributed by atoms with E-state index in [1.54, 1.807) is 13.1 Å². The number of benzene rings is 3. The normalized spacial score (nSPS) is 17.0. The fourth-order valence-electron chi connectivity index (χ4n) is 5.19. The van der Waals surface area contributed by atoms with Crippen LogP contribution in [0, 0.1) is 0 Å². The Morgan fingerprint density at radius 3 is 2.28 bits per heavy atom. The maximum Gasteiger partial charge on any atom is 0.340 e. The molecule has 0 N–H and O–H groups in total. The number of carbonyl (C=O) groups is 2. The Balaban J connectivity index is 1.69. The number of nitrogens with zero attached hydrogens (tertiary/aromatic N) is 2. The number of anilines is 2. The van der Waals surface area contributed by atoms with Gasteiger partial charge in [-0.15, -0.1) is 0 Å². The second-order valence-corrected chi connectivity index (χ2v) is 9.49. The van der Waals surface area contributed by atoms with E-state index in [1.165, 1.54) is 4.90 Å². The molecule has 2 heterocycles. The average molecular weight is 485 g/mol. The van der Waals surface area contributed by atoms with Crippen LogP contribution in [-0.2, 0) is 15.1 Å². The van der Waals surface area contributed by atoms with E-state index in [0.717, 1.165) is 62.0 Å². The quantitative estimate of drug-likeness (QED) is 0.265. The summed E-state index contributed by atoms with van der Waals surface area (Å²) in [5, 5.41) is 0. The highest BCUT2D eigenvalue weighted by Gasteiger charge is 2.53. The number of rotatable bonds is 9. The van der Waals surface area contributed by atoms with Gasteiger partial charge in [-0.3, -0.25) is 4.79 Å². The molecule has 2 aliphatic rings. The maximum atomic E-state index is 13.1. The molecule has 3 aromatic rings. The van der Waals surface area contributed by atoms with Gasteiger partial charge in [0, 0.05) is 54.3 Å². The predicted molar refractivity (Wildman–Crippen MR) is 141 cm³/mol. The van der Waals surface area contributed by atoms with Crippen molar-refractivity contribution in [3.63, 3.8) is 0 Å². The second-order valence-electron chi connectivity index (χ2n) is 9.49. The summed E-state index contributed by atoms with van der Waals surface area (Å²) in [5.41, 5.74) is 3.47. The largest absolute Gasteiger partial charge is 0.456 e. The number of ether oxygens (including phenoxy) is 2. The van der Waals surface area contributed by atoms with Gasteiger partial charge in [-0.05, 0) is 49.2 Å². The van der Waals surface area contributed by atoms with Crippen LogP contribution in [0.2, 0.25) is 0 Å². The zero-order chi connectivity index (χ0) is 25.3. The van der Waals surface area contributed by atoms with Crippen LogP contribution < -0.4 is 14.5 Å². The maximum absolute atomic E-state index is 13.1. The van der Waals surface area contributed by atoms with E-state index in [2.05, 4.69) is 30.9 Å². The van der Waals surface area contributed by atoms with Crippen LogP contribution in [0.5, 0.6) is 11.5 Å². The first kappa shape index (κ1) is 23.9. The van der Waals surface area contributed by atoms with E-state index in [1.807, 2.05) is 42.5 Å². The number of hydrogen-bond donors (Lipinski definition) is 0. The van der Waals surface area contributed by atoms with Crippen molar-refractivity contribution < 1.29 is 19.1 Å². The number of hydrogen-bond acceptors (Lipinski definition) is 5. The van der Waals surface area contributed by atoms with Gasteiger partial charge in [-0.2, -0.15) is 0 Å². The van der Waals surface area contributed by atoms with Crippen LogP contribution in [0.1, 0.15) is 66.6 Å². The van der Waals surface area contributed by atoms with E-state index >= 15 is 0 Å². The summed E-state index contributed by atoms with van der Waals surface area (Å²) in [6.45, 7) is 6.38. The number of unbranched alkanes of at least 4 members (excludes halogenated alkanes) is 2. The summed E-state index contributed by atoms with van der Waals surface area (Å²) in [6.07, 6.45) is 5.25. The van der Waals surface area contributed by atoms with E-state index < -0.39 is 5.60 Å². The lowest BCUT2D eigenvalue weighted by atomic mass is 9.77. The zero-order valence-corrected chi connectivity index (χ0v) is 21.1. The van der Waals surface area contributed by atoms with Gasteiger partial charge in [-0.25, -0.2) is 4.79 Å². The second kappa shape index (κ2) is 9.69. The summed E-state index contributed by atoms with van der Waals surface area (Å²) in [7, 11) is 1.70. The zero-order valence-electron chi connectivity index (χ0n) is 21.1. The third kappa shape index (κ3) is 3.81. The molecule has 0 radical (unpaired) electrons. The number of carbonyl (C=O) groups excluding carboxylic acids is 2. The van der Waals surface area contributed by atoms with E-state index in [4.69, 9.17) is 9.47 Å². The minimum absolute atomic E-state index is 0.366. The van der Waals surface area contributed by atoms with Gasteiger partial charge in [0.05, 0.1) is 5.56 Å². The van der Waals surface area contributed by atoms with Gasteiger partial charge in [0.1, 0.15) is 11.5 Å². The topological polar surface area (TPSA) is 59.1 Å². The third-order valence-corrected chi connectivity index (χ3v) is 7.17. The van der Waals surface area contributed by atoms with Gasteiger partial charge >= 0.3 is 5.97 Å². The van der Waals surface area contributed by atoms with Gasteiger partial charge in [0.15, 0.2) is 5.60 Å². The smallest absolute Gasteiger partial charge is 0.340 e. The summed E-state index contributed by atoms with van der Waals surface area (Å²) < 4.78 is 12.7. The van der Waals surface area contributed by atoms with Crippen molar-refractivity contribution in [1.29, 1.82) is 0 Å². The number of amides is 1. The Labute approximate surface area is 212 Å². The van der Waals surface area contributed by atoms with Gasteiger partial charge in [0.25, 0.3) is 0 Å². The van der Waals surface area contributed by atoms with Crippen molar-refractivity contribution >= 4 is 23.8 Å². The van der Waals surface area contributed by atoms with Gasteiger partial charge in [-0.1, -0.05) is 44.9 Å². The third-order valence-electron chi connectivity index (χ3n) is 7.17. The molecular formula is C30H32N2O4. The molecule has 5 rings (SSSR count). The molecule has 0 aliphatic carbocycles. The lowest BCUT2D eigenvalue weighted by Crippen LogP contribution is -2.34. The standard InChI is InChI=1S/C30H32N2O4/c1-4-6-16-32(17-7-5-2)22-12-14-25-28(19-22)35-27-15-13-21(31(3)20-33)18-26(27)30(25)24-11-9-8-10-23(24)29(34)36-30/h8-15,18-20H,4-7,16-17H2,1-3H3. The first-order chi connectivity index (χ1) is 17.5. The Morgan fingerprint density at radius 1 is 0.833 bits per heavy atom. The summed E-state index contributed by atoms with van der Waals surface area (Å²) in [4.78, 5) is 28.5. The van der Waals surface area contributed by atoms with Crippen LogP contribution >= 0.6 is 0 Å². The molecule has 2 aliphatic heterocycles. The lowest BCUT2D eigenvalue weighted by Gasteiger charge is -2.37. The molecule has 0 aromatic heterocycles. The summed E-state index contributed by atoms with van der Waals surface area (Å²) in [6, 6.07) is 19.3. The molecule has 186 valence electrons. The highest BCUT2D eigenvalue weighted by atomic mass is 16.6. The lowest BCUT2D eigenvalue weighted by molar-refractivity contribution is -0.107. The first-order valence-electron chi connectivity index (χ1n) is 12.8. The molecule has 3 aromatic carbocycles. The Hall–Kier alpha value is -3.80. The minimum atomic E-state index is -1.15. The molecule has 0 saturated carbocycles. The Kier molecular flexibility index (Phi) is 6.44. The van der Waals surface area contributed by atoms with Crippen molar-refractivity contribution in [3.8, 4) is 11.5 Å². The molecule has 6 heteroatoms. The highest BCUT2D eigenvalue weighted by Crippen LogP contribution is 2.57.